The Bertz CT molecular complexity index is 248. The van der Waals surface area contributed by atoms with Gasteiger partial charge < -0.3 is 10.8 Å². The molecule has 0 aliphatic heterocycles. The summed E-state index contributed by atoms with van der Waals surface area (Å²) in [5.74, 6) is -2.30. The first-order valence-corrected chi connectivity index (χ1v) is 4.94. The Morgan fingerprint density at radius 2 is 2.17 bits per heavy atom. The van der Waals surface area contributed by atoms with E-state index in [2.05, 4.69) is 4.72 Å². The quantitative estimate of drug-likeness (QED) is 0.487. The molecule has 0 aromatic carbocycles. The molecule has 7 heteroatoms. The molecule has 0 aromatic heterocycles. The van der Waals surface area contributed by atoms with Gasteiger partial charge in [-0.15, -0.1) is 0 Å². The number of hydrogen-bond donors (Lipinski definition) is 3. The monoisotopic (exact) mass is 196 g/mol. The summed E-state index contributed by atoms with van der Waals surface area (Å²) in [4.78, 5) is 10.0. The lowest BCUT2D eigenvalue weighted by molar-refractivity contribution is -0.134. The predicted octanol–water partition coefficient (Wildman–Crippen LogP) is -1.66. The number of nitrogens with two attached hydrogens (primary N) is 1. The summed E-state index contributed by atoms with van der Waals surface area (Å²) in [5, 5.41) is 8.18. The van der Waals surface area contributed by atoms with Crippen LogP contribution in [-0.4, -0.2) is 37.8 Å². The minimum atomic E-state index is -3.72. The largest absolute Gasteiger partial charge is 0.480 e. The van der Waals surface area contributed by atoms with E-state index in [1.165, 1.54) is 0 Å². The fourth-order valence-corrected chi connectivity index (χ4v) is 1.68. The Morgan fingerprint density at radius 3 is 2.50 bits per heavy atom. The first kappa shape index (κ1) is 11.3. The van der Waals surface area contributed by atoms with Gasteiger partial charge in [-0.05, 0) is 6.92 Å². The van der Waals surface area contributed by atoms with Gasteiger partial charge in [0.2, 0.25) is 10.0 Å². The third-order valence-electron chi connectivity index (χ3n) is 1.05. The molecule has 6 nitrogen and oxygen atoms in total. The minimum Gasteiger partial charge on any atom is -0.480 e. The number of carboxylic acid groups (broad SMARTS) is 1. The Morgan fingerprint density at radius 1 is 1.67 bits per heavy atom. The van der Waals surface area contributed by atoms with Crippen molar-refractivity contribution in [1.29, 1.82) is 0 Å². The number of nitrogens with one attached hydrogen (secondary N) is 1. The van der Waals surface area contributed by atoms with E-state index in [0.29, 0.717) is 0 Å². The molecule has 4 N–H and O–H groups in total. The fourth-order valence-electron chi connectivity index (χ4n) is 0.559. The number of rotatable bonds is 5. The second-order valence-corrected chi connectivity index (χ2v) is 4.16. The van der Waals surface area contributed by atoms with Crippen LogP contribution in [0.15, 0.2) is 0 Å². The molecule has 1 atom stereocenters. The van der Waals surface area contributed by atoms with Gasteiger partial charge in [0.1, 0.15) is 0 Å². The molecule has 0 saturated carbocycles. The number of aliphatic carboxylic acids is 1. The number of hydrogen-bond acceptors (Lipinski definition) is 4. The van der Waals surface area contributed by atoms with Gasteiger partial charge in [-0.1, -0.05) is 0 Å². The van der Waals surface area contributed by atoms with Gasteiger partial charge in [0.25, 0.3) is 0 Å². The summed E-state index contributed by atoms with van der Waals surface area (Å²) in [6, 6.07) is -0.436. The van der Waals surface area contributed by atoms with Gasteiger partial charge in [0.15, 0.2) is 5.75 Å². The summed E-state index contributed by atoms with van der Waals surface area (Å²) < 4.78 is 23.8. The lowest BCUT2D eigenvalue weighted by Gasteiger charge is -2.09. The number of carboxylic acids is 1. The van der Waals surface area contributed by atoms with Crippen LogP contribution in [0.25, 0.3) is 0 Å². The zero-order valence-corrected chi connectivity index (χ0v) is 7.47. The third kappa shape index (κ3) is 5.05. The molecular formula is C5H12N2O4S. The van der Waals surface area contributed by atoms with E-state index < -0.39 is 27.8 Å². The molecule has 0 aromatic rings. The Hall–Kier alpha value is -0.660. The van der Waals surface area contributed by atoms with Gasteiger partial charge in [0.05, 0.1) is 0 Å². The molecule has 0 fully saturated rings. The molecule has 0 unspecified atom stereocenters. The van der Waals surface area contributed by atoms with Gasteiger partial charge in [-0.2, -0.15) is 0 Å². The van der Waals surface area contributed by atoms with Crippen molar-refractivity contribution in [2.75, 3.05) is 12.3 Å². The highest BCUT2D eigenvalue weighted by atomic mass is 32.2. The van der Waals surface area contributed by atoms with Gasteiger partial charge in [-0.25, -0.2) is 13.1 Å². The average molecular weight is 196 g/mol. The van der Waals surface area contributed by atoms with Crippen LogP contribution in [0.1, 0.15) is 6.92 Å². The number of carbonyl (C=O) groups is 1. The first-order chi connectivity index (χ1) is 5.37. The molecule has 0 aliphatic carbocycles. The van der Waals surface area contributed by atoms with Crippen LogP contribution < -0.4 is 10.5 Å². The zero-order valence-electron chi connectivity index (χ0n) is 6.65. The van der Waals surface area contributed by atoms with Crippen molar-refractivity contribution in [2.24, 2.45) is 5.73 Å². The fraction of sp³-hybridized carbons (Fsp3) is 0.800. The van der Waals surface area contributed by atoms with Gasteiger partial charge >= 0.3 is 5.97 Å². The van der Waals surface area contributed by atoms with E-state index in [0.717, 1.165) is 0 Å². The SMILES string of the molecule is C[C@H](CN)NS(=O)(=O)CC(=O)O. The smallest absolute Gasteiger partial charge is 0.320 e. The Balaban J connectivity index is 4.15. The van der Waals surface area contributed by atoms with Crippen molar-refractivity contribution < 1.29 is 18.3 Å². The molecule has 0 aliphatic rings. The second-order valence-electron chi connectivity index (χ2n) is 2.41. The van der Waals surface area contributed by atoms with E-state index in [1.54, 1.807) is 6.92 Å². The molecule has 0 rings (SSSR count). The topological polar surface area (TPSA) is 109 Å². The highest BCUT2D eigenvalue weighted by Gasteiger charge is 2.17. The first-order valence-electron chi connectivity index (χ1n) is 3.29. The average Bonchev–Trinajstić information content (AvgIpc) is 1.83. The Kier molecular flexibility index (Phi) is 4.15. The summed E-state index contributed by atoms with van der Waals surface area (Å²) in [5.41, 5.74) is 5.14. The minimum absolute atomic E-state index is 0.138. The highest BCUT2D eigenvalue weighted by Crippen LogP contribution is 1.87. The van der Waals surface area contributed by atoms with Crippen molar-refractivity contribution in [3.8, 4) is 0 Å². The summed E-state index contributed by atoms with van der Waals surface area (Å²) in [6.07, 6.45) is 0. The van der Waals surface area contributed by atoms with Gasteiger partial charge in [-0.3, -0.25) is 4.79 Å². The molecule has 72 valence electrons. The van der Waals surface area contributed by atoms with Crippen molar-refractivity contribution >= 4 is 16.0 Å². The number of sulfonamides is 1. The van der Waals surface area contributed by atoms with E-state index in [9.17, 15) is 13.2 Å². The molecular weight excluding hydrogens is 184 g/mol. The van der Waals surface area contributed by atoms with Crippen molar-refractivity contribution in [3.63, 3.8) is 0 Å². The maximum atomic E-state index is 10.9. The van der Waals surface area contributed by atoms with E-state index in [-0.39, 0.29) is 6.54 Å². The van der Waals surface area contributed by atoms with Crippen LogP contribution in [0.3, 0.4) is 0 Å². The van der Waals surface area contributed by atoms with Crippen LogP contribution in [0.4, 0.5) is 0 Å². The highest BCUT2D eigenvalue weighted by molar-refractivity contribution is 7.90. The summed E-state index contributed by atoms with van der Waals surface area (Å²) in [7, 11) is -3.72. The standard InChI is InChI=1S/C5H12N2O4S/c1-4(2-6)7-12(10,11)3-5(8)9/h4,7H,2-3,6H2,1H3,(H,8,9)/t4-/m1/s1. The maximum Gasteiger partial charge on any atom is 0.320 e. The predicted molar refractivity (Wildman–Crippen MR) is 43.1 cm³/mol. The molecule has 0 spiro atoms. The van der Waals surface area contributed by atoms with Crippen LogP contribution in [-0.2, 0) is 14.8 Å². The summed E-state index contributed by atoms with van der Waals surface area (Å²) in [6.45, 7) is 1.69. The molecule has 0 saturated heterocycles. The molecule has 0 heterocycles. The van der Waals surface area contributed by atoms with Crippen LogP contribution in [0, 0.1) is 0 Å². The van der Waals surface area contributed by atoms with Crippen LogP contribution >= 0.6 is 0 Å². The normalized spacial score (nSPS) is 14.2. The third-order valence-corrected chi connectivity index (χ3v) is 2.44. The van der Waals surface area contributed by atoms with E-state index in [1.807, 2.05) is 0 Å². The molecule has 0 radical (unpaired) electrons. The molecule has 0 amide bonds. The summed E-state index contributed by atoms with van der Waals surface area (Å²) >= 11 is 0. The molecule has 12 heavy (non-hydrogen) atoms. The van der Waals surface area contributed by atoms with Crippen molar-refractivity contribution in [2.45, 2.75) is 13.0 Å². The van der Waals surface area contributed by atoms with Crippen LogP contribution in [0.2, 0.25) is 0 Å². The van der Waals surface area contributed by atoms with Gasteiger partial charge in [0, 0.05) is 12.6 Å². The van der Waals surface area contributed by atoms with Crippen molar-refractivity contribution in [3.05, 3.63) is 0 Å². The van der Waals surface area contributed by atoms with Crippen molar-refractivity contribution in [1.82, 2.24) is 4.72 Å². The second kappa shape index (κ2) is 4.39. The lowest BCUT2D eigenvalue weighted by atomic mass is 10.4. The molecule has 0 bridgehead atoms. The maximum absolute atomic E-state index is 10.9. The lowest BCUT2D eigenvalue weighted by Crippen LogP contribution is -2.40. The van der Waals surface area contributed by atoms with E-state index >= 15 is 0 Å². The zero-order chi connectivity index (χ0) is 9.78. The van der Waals surface area contributed by atoms with E-state index in [4.69, 9.17) is 10.8 Å². The Labute approximate surface area is 70.8 Å². The van der Waals surface area contributed by atoms with Crippen LogP contribution in [0.5, 0.6) is 0 Å².